The summed E-state index contributed by atoms with van der Waals surface area (Å²) in [5.41, 5.74) is -0.468. The lowest BCUT2D eigenvalue weighted by molar-refractivity contribution is -0.387. The fourth-order valence-corrected chi connectivity index (χ4v) is 2.63. The van der Waals surface area contributed by atoms with Gasteiger partial charge in [0.25, 0.3) is 5.91 Å². The van der Waals surface area contributed by atoms with E-state index in [9.17, 15) is 19.3 Å². The maximum atomic E-state index is 13.6. The first-order valence-electron chi connectivity index (χ1n) is 6.83. The molecule has 0 aliphatic carbocycles. The second kappa shape index (κ2) is 6.17. The number of amides is 1. The molecule has 1 atom stereocenters. The Morgan fingerprint density at radius 1 is 1.43 bits per heavy atom. The van der Waals surface area contributed by atoms with Crippen molar-refractivity contribution in [1.29, 1.82) is 0 Å². The van der Waals surface area contributed by atoms with E-state index in [1.165, 1.54) is 6.07 Å². The van der Waals surface area contributed by atoms with Crippen LogP contribution >= 0.6 is 0 Å². The number of nitrogens with zero attached hydrogens (tertiary/aromatic N) is 3. The lowest BCUT2D eigenvalue weighted by atomic mass is 10.1. The van der Waals surface area contributed by atoms with Gasteiger partial charge in [-0.05, 0) is 39.1 Å². The van der Waals surface area contributed by atoms with Gasteiger partial charge in [-0.2, -0.15) is 4.39 Å². The number of nitro benzene ring substituents is 1. The largest absolute Gasteiger partial charge is 0.335 e. The van der Waals surface area contributed by atoms with Crippen LogP contribution in [-0.2, 0) is 0 Å². The number of carbonyl (C=O) groups excluding carboxylic acids is 1. The number of hydrogen-bond acceptors (Lipinski definition) is 4. The molecule has 1 aromatic carbocycles. The normalized spacial score (nSPS) is 20.1. The molecule has 21 heavy (non-hydrogen) atoms. The van der Waals surface area contributed by atoms with E-state index in [4.69, 9.17) is 0 Å². The first-order chi connectivity index (χ1) is 9.90. The van der Waals surface area contributed by atoms with Gasteiger partial charge in [0.05, 0.1) is 4.92 Å². The molecule has 0 radical (unpaired) electrons. The van der Waals surface area contributed by atoms with Gasteiger partial charge >= 0.3 is 5.69 Å². The van der Waals surface area contributed by atoms with Gasteiger partial charge < -0.3 is 9.80 Å². The number of likely N-dealkylation sites (N-methyl/N-ethyl adjacent to an activating group) is 1. The van der Waals surface area contributed by atoms with Crippen molar-refractivity contribution in [1.82, 2.24) is 9.80 Å². The van der Waals surface area contributed by atoms with E-state index in [0.29, 0.717) is 6.54 Å². The van der Waals surface area contributed by atoms with E-state index in [-0.39, 0.29) is 17.5 Å². The summed E-state index contributed by atoms with van der Waals surface area (Å²) >= 11 is 0. The summed E-state index contributed by atoms with van der Waals surface area (Å²) in [5, 5.41) is 10.6. The Bertz CT molecular complexity index is 564. The van der Waals surface area contributed by atoms with E-state index in [0.717, 1.165) is 31.6 Å². The lowest BCUT2D eigenvalue weighted by Gasteiger charge is -2.28. The van der Waals surface area contributed by atoms with Crippen molar-refractivity contribution in [3.63, 3.8) is 0 Å². The van der Waals surface area contributed by atoms with Gasteiger partial charge in [-0.3, -0.25) is 14.9 Å². The van der Waals surface area contributed by atoms with Gasteiger partial charge in [-0.25, -0.2) is 0 Å². The average molecular weight is 295 g/mol. The van der Waals surface area contributed by atoms with E-state index in [2.05, 4.69) is 4.90 Å². The zero-order valence-electron chi connectivity index (χ0n) is 12.1. The predicted octanol–water partition coefficient (Wildman–Crippen LogP) is 1.90. The summed E-state index contributed by atoms with van der Waals surface area (Å²) < 4.78 is 13.6. The van der Waals surface area contributed by atoms with E-state index < -0.39 is 16.4 Å². The van der Waals surface area contributed by atoms with Crippen LogP contribution in [-0.4, -0.2) is 53.4 Å². The molecule has 1 amide bonds. The Morgan fingerprint density at radius 3 is 2.76 bits per heavy atom. The van der Waals surface area contributed by atoms with Crippen LogP contribution in [0.15, 0.2) is 18.2 Å². The number of rotatable bonds is 2. The topological polar surface area (TPSA) is 66.7 Å². The first kappa shape index (κ1) is 15.4. The standard InChI is InChI=1S/C14H18FN3O3/c1-10-9-16(2)6-3-7-17(10)14(19)11-4-5-13(18(20)21)12(15)8-11/h4-5,8,10H,3,6-7,9H2,1-2H3. The predicted molar refractivity (Wildman–Crippen MR) is 75.7 cm³/mol. The molecular formula is C14H18FN3O3. The number of benzene rings is 1. The fourth-order valence-electron chi connectivity index (χ4n) is 2.63. The van der Waals surface area contributed by atoms with Crippen molar-refractivity contribution >= 4 is 11.6 Å². The number of carbonyl (C=O) groups is 1. The third kappa shape index (κ3) is 3.36. The maximum absolute atomic E-state index is 13.6. The minimum Gasteiger partial charge on any atom is -0.335 e. The van der Waals surface area contributed by atoms with E-state index in [1.54, 1.807) is 4.90 Å². The second-order valence-corrected chi connectivity index (χ2v) is 5.39. The molecule has 0 saturated carbocycles. The highest BCUT2D eigenvalue weighted by atomic mass is 19.1. The van der Waals surface area contributed by atoms with Gasteiger partial charge in [-0.1, -0.05) is 0 Å². The molecule has 0 aromatic heterocycles. The summed E-state index contributed by atoms with van der Waals surface area (Å²) in [5.74, 6) is -1.27. The van der Waals surface area contributed by atoms with Crippen LogP contribution < -0.4 is 0 Å². The summed E-state index contributed by atoms with van der Waals surface area (Å²) in [7, 11) is 2.00. The number of halogens is 1. The van der Waals surface area contributed by atoms with E-state index >= 15 is 0 Å². The van der Waals surface area contributed by atoms with Crippen molar-refractivity contribution in [2.75, 3.05) is 26.7 Å². The van der Waals surface area contributed by atoms with Crippen LogP contribution in [0.4, 0.5) is 10.1 Å². The third-order valence-electron chi connectivity index (χ3n) is 3.70. The molecule has 7 heteroatoms. The van der Waals surface area contributed by atoms with Crippen LogP contribution in [0.25, 0.3) is 0 Å². The van der Waals surface area contributed by atoms with Gasteiger partial charge in [0.2, 0.25) is 5.82 Å². The molecular weight excluding hydrogens is 277 g/mol. The molecule has 6 nitrogen and oxygen atoms in total. The molecule has 0 N–H and O–H groups in total. The monoisotopic (exact) mass is 295 g/mol. The Morgan fingerprint density at radius 2 is 2.14 bits per heavy atom. The minimum atomic E-state index is -0.981. The van der Waals surface area contributed by atoms with Crippen LogP contribution in [0.1, 0.15) is 23.7 Å². The summed E-state index contributed by atoms with van der Waals surface area (Å²) in [6, 6.07) is 3.31. The first-order valence-corrected chi connectivity index (χ1v) is 6.83. The Hall–Kier alpha value is -2.02. The fraction of sp³-hybridized carbons (Fsp3) is 0.500. The van der Waals surface area contributed by atoms with E-state index in [1.807, 2.05) is 14.0 Å². The molecule has 0 spiro atoms. The van der Waals surface area contributed by atoms with Gasteiger partial charge in [0, 0.05) is 30.8 Å². The average Bonchev–Trinajstić information content (AvgIpc) is 2.58. The molecule has 1 aliphatic rings. The summed E-state index contributed by atoms with van der Waals surface area (Å²) in [6.45, 7) is 4.20. The highest BCUT2D eigenvalue weighted by Crippen LogP contribution is 2.20. The Labute approximate surface area is 122 Å². The second-order valence-electron chi connectivity index (χ2n) is 5.39. The zero-order chi connectivity index (χ0) is 15.6. The van der Waals surface area contributed by atoms with Crippen molar-refractivity contribution in [2.24, 2.45) is 0 Å². The Kier molecular flexibility index (Phi) is 4.52. The van der Waals surface area contributed by atoms with Gasteiger partial charge in [-0.15, -0.1) is 0 Å². The van der Waals surface area contributed by atoms with Gasteiger partial charge in [0.1, 0.15) is 0 Å². The van der Waals surface area contributed by atoms with Crippen molar-refractivity contribution < 1.29 is 14.1 Å². The molecule has 1 aromatic rings. The van der Waals surface area contributed by atoms with Crippen molar-refractivity contribution in [2.45, 2.75) is 19.4 Å². The lowest BCUT2D eigenvalue weighted by Crippen LogP contribution is -2.42. The molecule has 1 heterocycles. The highest BCUT2D eigenvalue weighted by Gasteiger charge is 2.26. The molecule has 2 rings (SSSR count). The minimum absolute atomic E-state index is 0.0169. The molecule has 1 unspecified atom stereocenters. The molecule has 1 aliphatic heterocycles. The van der Waals surface area contributed by atoms with Crippen LogP contribution in [0.3, 0.4) is 0 Å². The molecule has 1 saturated heterocycles. The quantitative estimate of drug-likeness (QED) is 0.617. The van der Waals surface area contributed by atoms with Crippen LogP contribution in [0.2, 0.25) is 0 Å². The smallest absolute Gasteiger partial charge is 0.304 e. The zero-order valence-corrected chi connectivity index (χ0v) is 12.1. The SMILES string of the molecule is CC1CN(C)CCCN1C(=O)c1ccc([N+](=O)[O-])c(F)c1. The van der Waals surface area contributed by atoms with Crippen molar-refractivity contribution in [3.8, 4) is 0 Å². The molecule has 1 fully saturated rings. The van der Waals surface area contributed by atoms with Gasteiger partial charge in [0.15, 0.2) is 0 Å². The maximum Gasteiger partial charge on any atom is 0.304 e. The third-order valence-corrected chi connectivity index (χ3v) is 3.70. The highest BCUT2D eigenvalue weighted by molar-refractivity contribution is 5.94. The van der Waals surface area contributed by atoms with Crippen LogP contribution in [0, 0.1) is 15.9 Å². The molecule has 0 bridgehead atoms. The summed E-state index contributed by atoms with van der Waals surface area (Å²) in [4.78, 5) is 26.1. The Balaban J connectivity index is 2.23. The molecule has 114 valence electrons. The number of hydrogen-bond donors (Lipinski definition) is 0. The summed E-state index contributed by atoms with van der Waals surface area (Å²) in [6.07, 6.45) is 0.849. The van der Waals surface area contributed by atoms with Crippen molar-refractivity contribution in [3.05, 3.63) is 39.7 Å². The number of nitro groups is 1. The van der Waals surface area contributed by atoms with Crippen LogP contribution in [0.5, 0.6) is 0 Å².